The smallest absolute Gasteiger partial charge is 0.387 e. The standard InChI is InChI=1S/C15H11ClF2N4O/c16-13-6-11(14-19-3-4-22(14)21-13)9-5-10(9)12-2-1-8(7-20-12)23-15(17)18/h1-4,6-7,9-10,15H,5H2/t9-,10?/m0/s1. The fourth-order valence-electron chi connectivity index (χ4n) is 2.83. The van der Waals surface area contributed by atoms with Crippen molar-refractivity contribution in [2.24, 2.45) is 0 Å². The van der Waals surface area contributed by atoms with Gasteiger partial charge in [-0.2, -0.15) is 13.9 Å². The molecule has 2 atom stereocenters. The van der Waals surface area contributed by atoms with Gasteiger partial charge in [0.05, 0.1) is 6.20 Å². The largest absolute Gasteiger partial charge is 0.433 e. The molecule has 0 saturated heterocycles. The molecule has 0 N–H and O–H groups in total. The molecule has 1 fully saturated rings. The fraction of sp³-hybridized carbons (Fsp3) is 0.267. The molecule has 3 heterocycles. The number of imidazole rings is 1. The van der Waals surface area contributed by atoms with E-state index in [0.717, 1.165) is 23.3 Å². The van der Waals surface area contributed by atoms with Crippen molar-refractivity contribution in [1.29, 1.82) is 0 Å². The number of alkyl halides is 2. The summed E-state index contributed by atoms with van der Waals surface area (Å²) in [7, 11) is 0. The van der Waals surface area contributed by atoms with E-state index < -0.39 is 6.61 Å². The molecule has 8 heteroatoms. The lowest BCUT2D eigenvalue weighted by Crippen LogP contribution is -2.02. The van der Waals surface area contributed by atoms with Gasteiger partial charge in [-0.05, 0) is 30.5 Å². The average Bonchev–Trinajstić information content (AvgIpc) is 3.16. The first kappa shape index (κ1) is 14.3. The van der Waals surface area contributed by atoms with E-state index in [1.165, 1.54) is 12.3 Å². The number of pyridine rings is 1. The van der Waals surface area contributed by atoms with Gasteiger partial charge in [-0.15, -0.1) is 0 Å². The predicted octanol–water partition coefficient (Wildman–Crippen LogP) is 3.65. The van der Waals surface area contributed by atoms with E-state index in [-0.39, 0.29) is 17.6 Å². The van der Waals surface area contributed by atoms with Gasteiger partial charge in [-0.25, -0.2) is 9.50 Å². The maximum atomic E-state index is 12.2. The van der Waals surface area contributed by atoms with Gasteiger partial charge in [0, 0.05) is 29.6 Å². The summed E-state index contributed by atoms with van der Waals surface area (Å²) in [5, 5.41) is 4.57. The van der Waals surface area contributed by atoms with Gasteiger partial charge in [0.15, 0.2) is 5.65 Å². The third-order valence-corrected chi connectivity index (χ3v) is 4.10. The van der Waals surface area contributed by atoms with Crippen LogP contribution in [0.2, 0.25) is 5.15 Å². The quantitative estimate of drug-likeness (QED) is 0.729. The summed E-state index contributed by atoms with van der Waals surface area (Å²) >= 11 is 6.05. The Labute approximate surface area is 134 Å². The Hall–Kier alpha value is -2.28. The first-order valence-corrected chi connectivity index (χ1v) is 7.40. The molecule has 1 aliphatic rings. The number of ether oxygens (including phenoxy) is 1. The van der Waals surface area contributed by atoms with Crippen LogP contribution in [0.25, 0.3) is 5.65 Å². The average molecular weight is 337 g/mol. The Bertz CT molecular complexity index is 852. The minimum absolute atomic E-state index is 0.0588. The third kappa shape index (κ3) is 2.72. The summed E-state index contributed by atoms with van der Waals surface area (Å²) in [5.74, 6) is 0.521. The van der Waals surface area contributed by atoms with Crippen molar-refractivity contribution < 1.29 is 13.5 Å². The summed E-state index contributed by atoms with van der Waals surface area (Å²) in [6.07, 6.45) is 5.65. The topological polar surface area (TPSA) is 52.3 Å². The highest BCUT2D eigenvalue weighted by Gasteiger charge is 2.42. The Kier molecular flexibility index (Phi) is 3.37. The fourth-order valence-corrected chi connectivity index (χ4v) is 3.03. The van der Waals surface area contributed by atoms with Crippen LogP contribution in [-0.2, 0) is 0 Å². The normalized spacial score (nSPS) is 20.2. The van der Waals surface area contributed by atoms with E-state index in [0.29, 0.717) is 5.15 Å². The zero-order chi connectivity index (χ0) is 16.0. The molecule has 118 valence electrons. The van der Waals surface area contributed by atoms with Crippen LogP contribution in [0.3, 0.4) is 0 Å². The van der Waals surface area contributed by atoms with Crippen LogP contribution >= 0.6 is 11.6 Å². The Morgan fingerprint density at radius 2 is 2.13 bits per heavy atom. The van der Waals surface area contributed by atoms with Gasteiger partial charge in [-0.3, -0.25) is 4.98 Å². The Balaban J connectivity index is 1.58. The maximum absolute atomic E-state index is 12.2. The summed E-state index contributed by atoms with van der Waals surface area (Å²) in [6.45, 7) is -2.84. The zero-order valence-corrected chi connectivity index (χ0v) is 12.5. The van der Waals surface area contributed by atoms with Crippen LogP contribution in [0.15, 0.2) is 36.8 Å². The van der Waals surface area contributed by atoms with Gasteiger partial charge < -0.3 is 4.74 Å². The molecule has 23 heavy (non-hydrogen) atoms. The van der Waals surface area contributed by atoms with Gasteiger partial charge in [0.2, 0.25) is 0 Å². The number of hydrogen-bond donors (Lipinski definition) is 0. The van der Waals surface area contributed by atoms with Crippen molar-refractivity contribution in [2.75, 3.05) is 0 Å². The van der Waals surface area contributed by atoms with Crippen LogP contribution in [0.4, 0.5) is 8.78 Å². The number of aromatic nitrogens is 4. The van der Waals surface area contributed by atoms with Gasteiger partial charge in [0.25, 0.3) is 0 Å². The Morgan fingerprint density at radius 1 is 1.26 bits per heavy atom. The van der Waals surface area contributed by atoms with E-state index >= 15 is 0 Å². The molecule has 1 unspecified atom stereocenters. The summed E-state index contributed by atoms with van der Waals surface area (Å²) in [6, 6.07) is 5.05. The molecular weight excluding hydrogens is 326 g/mol. The summed E-state index contributed by atoms with van der Waals surface area (Å²) in [4.78, 5) is 8.54. The van der Waals surface area contributed by atoms with Crippen molar-refractivity contribution in [1.82, 2.24) is 19.6 Å². The minimum Gasteiger partial charge on any atom is -0.433 e. The van der Waals surface area contributed by atoms with Crippen LogP contribution in [-0.4, -0.2) is 26.2 Å². The van der Waals surface area contributed by atoms with Crippen molar-refractivity contribution in [2.45, 2.75) is 24.9 Å². The molecule has 0 amide bonds. The van der Waals surface area contributed by atoms with Crippen molar-refractivity contribution >= 4 is 17.2 Å². The second kappa shape index (κ2) is 5.42. The van der Waals surface area contributed by atoms with Gasteiger partial charge in [0.1, 0.15) is 10.9 Å². The number of hydrogen-bond acceptors (Lipinski definition) is 4. The molecular formula is C15H11ClF2N4O. The number of fused-ring (bicyclic) bond motifs is 1. The Morgan fingerprint density at radius 3 is 2.87 bits per heavy atom. The second-order valence-corrected chi connectivity index (χ2v) is 5.75. The molecule has 0 aromatic carbocycles. The number of halogens is 3. The molecule has 3 aromatic heterocycles. The lowest BCUT2D eigenvalue weighted by atomic mass is 10.1. The van der Waals surface area contributed by atoms with Gasteiger partial charge >= 0.3 is 6.61 Å². The molecule has 3 aromatic rings. The van der Waals surface area contributed by atoms with E-state index in [1.54, 1.807) is 23.0 Å². The minimum atomic E-state index is -2.84. The zero-order valence-electron chi connectivity index (χ0n) is 11.7. The molecule has 1 saturated carbocycles. The highest BCUT2D eigenvalue weighted by atomic mass is 35.5. The monoisotopic (exact) mass is 336 g/mol. The molecule has 1 aliphatic carbocycles. The van der Waals surface area contributed by atoms with Crippen molar-refractivity contribution in [3.63, 3.8) is 0 Å². The molecule has 0 spiro atoms. The van der Waals surface area contributed by atoms with E-state index in [4.69, 9.17) is 11.6 Å². The van der Waals surface area contributed by atoms with E-state index in [9.17, 15) is 8.78 Å². The van der Waals surface area contributed by atoms with Gasteiger partial charge in [-0.1, -0.05) is 11.6 Å². The third-order valence-electron chi connectivity index (χ3n) is 3.91. The van der Waals surface area contributed by atoms with Crippen LogP contribution in [0.1, 0.15) is 29.5 Å². The lowest BCUT2D eigenvalue weighted by molar-refractivity contribution is -0.0500. The van der Waals surface area contributed by atoms with Crippen molar-refractivity contribution in [3.8, 4) is 5.75 Å². The summed E-state index contributed by atoms with van der Waals surface area (Å²) < 4.78 is 30.3. The van der Waals surface area contributed by atoms with Crippen LogP contribution in [0.5, 0.6) is 5.75 Å². The molecule has 5 nitrogen and oxygen atoms in total. The molecule has 0 bridgehead atoms. The first-order chi connectivity index (χ1) is 11.1. The van der Waals surface area contributed by atoms with Crippen molar-refractivity contribution in [3.05, 3.63) is 53.2 Å². The van der Waals surface area contributed by atoms with E-state index in [1.807, 2.05) is 6.07 Å². The maximum Gasteiger partial charge on any atom is 0.387 e. The lowest BCUT2D eigenvalue weighted by Gasteiger charge is -2.06. The summed E-state index contributed by atoms with van der Waals surface area (Å²) in [5.41, 5.74) is 2.64. The highest BCUT2D eigenvalue weighted by Crippen LogP contribution is 2.55. The molecule has 0 radical (unpaired) electrons. The highest BCUT2D eigenvalue weighted by molar-refractivity contribution is 6.29. The molecule has 4 rings (SSSR count). The number of nitrogens with zero attached hydrogens (tertiary/aromatic N) is 4. The predicted molar refractivity (Wildman–Crippen MR) is 79.0 cm³/mol. The van der Waals surface area contributed by atoms with Crippen LogP contribution in [0, 0.1) is 0 Å². The number of rotatable bonds is 4. The van der Waals surface area contributed by atoms with E-state index in [2.05, 4.69) is 19.8 Å². The second-order valence-electron chi connectivity index (χ2n) is 5.36. The first-order valence-electron chi connectivity index (χ1n) is 7.02. The molecule has 0 aliphatic heterocycles. The SMILES string of the molecule is FC(F)Oc1ccc(C2C[C@@H]2c2cc(Cl)nn3ccnc23)nc1. The van der Waals surface area contributed by atoms with Crippen LogP contribution < -0.4 is 4.74 Å².